The number of nitrogens with two attached hydrogens (primary N) is 1. The summed E-state index contributed by atoms with van der Waals surface area (Å²) < 4.78 is 1.46. The lowest BCUT2D eigenvalue weighted by Gasteiger charge is -2.17. The Bertz CT molecular complexity index is 1220. The van der Waals surface area contributed by atoms with Crippen LogP contribution in [0.25, 0.3) is 11.3 Å². The summed E-state index contributed by atoms with van der Waals surface area (Å²) in [6.45, 7) is 8.71. The summed E-state index contributed by atoms with van der Waals surface area (Å²) in [4.78, 5) is 24.1. The van der Waals surface area contributed by atoms with Crippen molar-refractivity contribution < 1.29 is 9.90 Å². The number of carboxylic acids is 1. The molecule has 1 atom stereocenters. The topological polar surface area (TPSA) is 97.3 Å². The van der Waals surface area contributed by atoms with E-state index in [-0.39, 0.29) is 5.56 Å². The number of nitrogen functional groups attached to an aromatic ring is 1. The van der Waals surface area contributed by atoms with Crippen LogP contribution in [-0.2, 0) is 11.2 Å². The van der Waals surface area contributed by atoms with E-state index in [1.54, 1.807) is 18.2 Å². The van der Waals surface area contributed by atoms with Gasteiger partial charge in [-0.25, -0.2) is 0 Å². The third kappa shape index (κ3) is 6.16. The van der Waals surface area contributed by atoms with E-state index in [2.05, 4.69) is 11.9 Å². The normalized spacial score (nSPS) is 12.0. The molecule has 34 heavy (non-hydrogen) atoms. The Morgan fingerprint density at radius 3 is 2.32 bits per heavy atom. The summed E-state index contributed by atoms with van der Waals surface area (Å²) in [6, 6.07) is 17.4. The number of nitrogens with zero attached hydrogens (tertiary/aromatic N) is 1. The molecular formula is C27H30ClN3O3. The zero-order valence-corrected chi connectivity index (χ0v) is 20.2. The van der Waals surface area contributed by atoms with Crippen LogP contribution < -0.4 is 16.6 Å². The van der Waals surface area contributed by atoms with E-state index >= 15 is 0 Å². The Labute approximate surface area is 204 Å². The Hall–Kier alpha value is -3.35. The predicted molar refractivity (Wildman–Crippen MR) is 139 cm³/mol. The maximum atomic E-state index is 12.7. The lowest BCUT2D eigenvalue weighted by molar-refractivity contribution is -0.139. The number of rotatable bonds is 10. The Morgan fingerprint density at radius 1 is 1.09 bits per heavy atom. The number of halogens is 1. The molecular weight excluding hydrogens is 450 g/mol. The summed E-state index contributed by atoms with van der Waals surface area (Å²) >= 11 is 5.98. The average Bonchev–Trinajstić information content (AvgIpc) is 2.79. The molecule has 0 bridgehead atoms. The molecule has 2 aromatic carbocycles. The SMILES string of the molecule is C=C(c1ccc(Cl)cc1)c1ccc(=O)n(-c2ccc(CCN[C@@H](CC(C)C)C(=O)O)cc2)c1N. The van der Waals surface area contributed by atoms with Crippen molar-refractivity contribution >= 4 is 29.0 Å². The standard InChI is InChI=1S/C27H30ClN3O3/c1-17(2)16-24(27(33)34)30-15-14-19-4-10-22(11-5-19)31-25(32)13-12-23(26(31)29)18(3)20-6-8-21(28)9-7-20/h4-13,17,24,30H,3,14-16,29H2,1-2H3,(H,33,34)/t24-/m0/s1. The summed E-state index contributed by atoms with van der Waals surface area (Å²) in [5.74, 6) is -0.234. The Balaban J connectivity index is 1.77. The van der Waals surface area contributed by atoms with Gasteiger partial charge >= 0.3 is 5.97 Å². The lowest BCUT2D eigenvalue weighted by atomic mass is 10.00. The van der Waals surface area contributed by atoms with E-state index in [0.717, 1.165) is 11.1 Å². The van der Waals surface area contributed by atoms with E-state index < -0.39 is 12.0 Å². The van der Waals surface area contributed by atoms with Gasteiger partial charge < -0.3 is 16.2 Å². The van der Waals surface area contributed by atoms with Gasteiger partial charge in [-0.3, -0.25) is 14.2 Å². The molecule has 0 amide bonds. The molecule has 1 aromatic heterocycles. The van der Waals surface area contributed by atoms with Crippen molar-refractivity contribution in [3.63, 3.8) is 0 Å². The number of pyridine rings is 1. The van der Waals surface area contributed by atoms with Crippen LogP contribution in [0, 0.1) is 5.92 Å². The smallest absolute Gasteiger partial charge is 0.320 e. The largest absolute Gasteiger partial charge is 0.480 e. The fourth-order valence-corrected chi connectivity index (χ4v) is 3.95. The molecule has 0 saturated carbocycles. The molecule has 0 spiro atoms. The van der Waals surface area contributed by atoms with Crippen LogP contribution in [0.15, 0.2) is 72.0 Å². The summed E-state index contributed by atoms with van der Waals surface area (Å²) in [7, 11) is 0. The van der Waals surface area contributed by atoms with E-state index in [0.29, 0.717) is 53.0 Å². The number of carboxylic acid groups (broad SMARTS) is 1. The molecule has 0 aliphatic rings. The van der Waals surface area contributed by atoms with Gasteiger partial charge in [-0.2, -0.15) is 0 Å². The van der Waals surface area contributed by atoms with Crippen LogP contribution >= 0.6 is 11.6 Å². The number of benzene rings is 2. The first-order valence-corrected chi connectivity index (χ1v) is 11.6. The zero-order chi connectivity index (χ0) is 24.8. The lowest BCUT2D eigenvalue weighted by Crippen LogP contribution is -2.38. The summed E-state index contributed by atoms with van der Waals surface area (Å²) in [5.41, 5.74) is 10.1. The Morgan fingerprint density at radius 2 is 1.74 bits per heavy atom. The maximum absolute atomic E-state index is 12.7. The van der Waals surface area contributed by atoms with Gasteiger partial charge in [0.1, 0.15) is 11.9 Å². The molecule has 0 radical (unpaired) electrons. The summed E-state index contributed by atoms with van der Waals surface area (Å²) in [5, 5.41) is 13.1. The molecule has 6 nitrogen and oxygen atoms in total. The molecule has 3 rings (SSSR count). The second-order valence-electron chi connectivity index (χ2n) is 8.68. The van der Waals surface area contributed by atoms with E-state index in [4.69, 9.17) is 17.3 Å². The third-order valence-electron chi connectivity index (χ3n) is 5.65. The molecule has 0 unspecified atom stereocenters. The molecule has 7 heteroatoms. The van der Waals surface area contributed by atoms with Gasteiger partial charge in [0.2, 0.25) is 0 Å². The van der Waals surface area contributed by atoms with Gasteiger partial charge in [0.15, 0.2) is 0 Å². The molecule has 4 N–H and O–H groups in total. The van der Waals surface area contributed by atoms with Crippen LogP contribution in [0.1, 0.15) is 37.0 Å². The summed E-state index contributed by atoms with van der Waals surface area (Å²) in [6.07, 6.45) is 1.24. The number of anilines is 1. The third-order valence-corrected chi connectivity index (χ3v) is 5.90. The predicted octanol–water partition coefficient (Wildman–Crippen LogP) is 4.77. The van der Waals surface area contributed by atoms with E-state index in [9.17, 15) is 14.7 Å². The van der Waals surface area contributed by atoms with Crippen LogP contribution in [0.4, 0.5) is 5.82 Å². The van der Waals surface area contributed by atoms with Gasteiger partial charge in [-0.05, 0) is 72.3 Å². The minimum absolute atomic E-state index is 0.238. The molecule has 0 fully saturated rings. The number of aliphatic carboxylic acids is 1. The van der Waals surface area contributed by atoms with E-state index in [1.807, 2.05) is 50.2 Å². The molecule has 1 heterocycles. The minimum Gasteiger partial charge on any atom is -0.480 e. The zero-order valence-electron chi connectivity index (χ0n) is 19.4. The van der Waals surface area contributed by atoms with Crippen molar-refractivity contribution in [2.45, 2.75) is 32.7 Å². The first kappa shape index (κ1) is 25.3. The van der Waals surface area contributed by atoms with Crippen LogP contribution in [-0.4, -0.2) is 28.2 Å². The van der Waals surface area contributed by atoms with Crippen molar-refractivity contribution in [2.75, 3.05) is 12.3 Å². The number of carbonyl (C=O) groups is 1. The molecule has 178 valence electrons. The number of hydrogen-bond donors (Lipinski definition) is 3. The van der Waals surface area contributed by atoms with Gasteiger partial charge in [0.05, 0.1) is 5.69 Å². The van der Waals surface area contributed by atoms with Crippen molar-refractivity contribution in [2.24, 2.45) is 5.92 Å². The van der Waals surface area contributed by atoms with Crippen LogP contribution in [0.5, 0.6) is 0 Å². The number of hydrogen-bond acceptors (Lipinski definition) is 4. The highest BCUT2D eigenvalue weighted by molar-refractivity contribution is 6.30. The molecule has 0 saturated heterocycles. The second kappa shape index (κ2) is 11.2. The van der Waals surface area contributed by atoms with Gasteiger partial charge in [0, 0.05) is 16.7 Å². The fraction of sp³-hybridized carbons (Fsp3) is 0.259. The van der Waals surface area contributed by atoms with Gasteiger partial charge in [-0.1, -0.05) is 56.3 Å². The quantitative estimate of drug-likeness (QED) is 0.389. The highest BCUT2D eigenvalue weighted by Gasteiger charge is 2.18. The highest BCUT2D eigenvalue weighted by atomic mass is 35.5. The van der Waals surface area contributed by atoms with Crippen molar-refractivity contribution in [1.82, 2.24) is 9.88 Å². The fourth-order valence-electron chi connectivity index (χ4n) is 3.83. The molecule has 0 aliphatic carbocycles. The molecule has 3 aromatic rings. The number of aromatic nitrogens is 1. The molecule has 0 aliphatic heterocycles. The van der Waals surface area contributed by atoms with Gasteiger partial charge in [-0.15, -0.1) is 0 Å². The van der Waals surface area contributed by atoms with Crippen molar-refractivity contribution in [3.8, 4) is 5.69 Å². The van der Waals surface area contributed by atoms with Crippen molar-refractivity contribution in [3.05, 3.63) is 99.3 Å². The minimum atomic E-state index is -0.834. The second-order valence-corrected chi connectivity index (χ2v) is 9.12. The average molecular weight is 480 g/mol. The van der Waals surface area contributed by atoms with E-state index in [1.165, 1.54) is 10.6 Å². The van der Waals surface area contributed by atoms with Crippen LogP contribution in [0.2, 0.25) is 5.02 Å². The monoisotopic (exact) mass is 479 g/mol. The number of nitrogens with one attached hydrogen (secondary N) is 1. The van der Waals surface area contributed by atoms with Crippen molar-refractivity contribution in [1.29, 1.82) is 0 Å². The first-order valence-electron chi connectivity index (χ1n) is 11.2. The van der Waals surface area contributed by atoms with Crippen LogP contribution in [0.3, 0.4) is 0 Å². The first-order chi connectivity index (χ1) is 16.2. The highest BCUT2D eigenvalue weighted by Crippen LogP contribution is 2.27. The van der Waals surface area contributed by atoms with Gasteiger partial charge in [0.25, 0.3) is 5.56 Å². The maximum Gasteiger partial charge on any atom is 0.320 e. The Kier molecular flexibility index (Phi) is 8.31.